The van der Waals surface area contributed by atoms with E-state index < -0.39 is 65.7 Å². The van der Waals surface area contributed by atoms with Gasteiger partial charge in [-0.3, -0.25) is 14.5 Å². The van der Waals surface area contributed by atoms with E-state index in [1.54, 1.807) is 35.3 Å². The summed E-state index contributed by atoms with van der Waals surface area (Å²) in [7, 11) is 0. The van der Waals surface area contributed by atoms with Gasteiger partial charge < -0.3 is 10.5 Å². The van der Waals surface area contributed by atoms with Crippen LogP contribution in [0.4, 0.5) is 22.0 Å². The Morgan fingerprint density at radius 1 is 1.06 bits per heavy atom. The van der Waals surface area contributed by atoms with E-state index in [0.29, 0.717) is 11.3 Å². The number of alkyl halides is 5. The van der Waals surface area contributed by atoms with Crippen molar-refractivity contribution in [2.24, 2.45) is 21.6 Å². The molecule has 2 aliphatic rings. The van der Waals surface area contributed by atoms with Gasteiger partial charge >= 0.3 is 12.1 Å². The third kappa shape index (κ3) is 7.42. The number of aliphatic imine (C=N–C) groups is 1. The van der Waals surface area contributed by atoms with Crippen molar-refractivity contribution in [2.75, 3.05) is 6.61 Å². The van der Waals surface area contributed by atoms with Crippen LogP contribution in [0.5, 0.6) is 0 Å². The summed E-state index contributed by atoms with van der Waals surface area (Å²) in [5.74, 6) is -2.70. The quantitative estimate of drug-likeness (QED) is 0.115. The normalized spacial score (nSPS) is 19.1. The van der Waals surface area contributed by atoms with Gasteiger partial charge in [0.2, 0.25) is 0 Å². The number of hydrogen-bond donors (Lipinski definition) is 1. The predicted molar refractivity (Wildman–Crippen MR) is 187 cm³/mol. The van der Waals surface area contributed by atoms with Crippen LogP contribution < -0.4 is 5.73 Å². The van der Waals surface area contributed by atoms with Crippen molar-refractivity contribution in [3.63, 3.8) is 0 Å². The number of ether oxygens (including phenoxy) is 1. The number of nitrogens with zero attached hydrogens (tertiary/aromatic N) is 8. The highest BCUT2D eigenvalue weighted by molar-refractivity contribution is 6.32. The van der Waals surface area contributed by atoms with Crippen molar-refractivity contribution < 1.29 is 36.3 Å². The molecule has 0 unspecified atom stereocenters. The summed E-state index contributed by atoms with van der Waals surface area (Å²) in [6, 6.07) is 9.99. The minimum absolute atomic E-state index is 0.00673. The van der Waals surface area contributed by atoms with Crippen LogP contribution >= 0.6 is 11.6 Å². The topological polar surface area (TPSA) is 146 Å². The van der Waals surface area contributed by atoms with Crippen molar-refractivity contribution >= 4 is 29.4 Å². The highest BCUT2D eigenvalue weighted by atomic mass is 35.5. The minimum Gasteiger partial charge on any atom is -0.463 e. The van der Waals surface area contributed by atoms with Crippen molar-refractivity contribution in [2.45, 2.75) is 90.5 Å². The lowest BCUT2D eigenvalue weighted by atomic mass is 9.75. The van der Waals surface area contributed by atoms with Crippen LogP contribution in [0.15, 0.2) is 60.0 Å². The minimum atomic E-state index is -4.61. The van der Waals surface area contributed by atoms with Crippen molar-refractivity contribution in [1.29, 1.82) is 0 Å². The number of carbonyl (C=O) groups is 2. The average Bonchev–Trinajstić information content (AvgIpc) is 3.40. The molecule has 2 atom stereocenters. The fourth-order valence-electron chi connectivity index (χ4n) is 6.66. The molecule has 0 bridgehead atoms. The van der Waals surface area contributed by atoms with E-state index in [1.807, 2.05) is 34.6 Å². The molecule has 0 saturated heterocycles. The second-order valence-electron chi connectivity index (χ2n) is 15.2. The molecule has 18 heteroatoms. The number of carbonyl (C=O) groups excluding carboxylic acids is 2. The van der Waals surface area contributed by atoms with Gasteiger partial charge in [0, 0.05) is 5.56 Å². The number of amides is 1. The second-order valence-corrected chi connectivity index (χ2v) is 15.6. The summed E-state index contributed by atoms with van der Waals surface area (Å²) < 4.78 is 75.2. The number of hydrogen-bond acceptors (Lipinski definition) is 9. The van der Waals surface area contributed by atoms with Gasteiger partial charge in [0.05, 0.1) is 40.8 Å². The van der Waals surface area contributed by atoms with Crippen LogP contribution in [0.25, 0.3) is 16.9 Å². The maximum atomic E-state index is 15.0. The van der Waals surface area contributed by atoms with Crippen molar-refractivity contribution in [3.8, 4) is 16.9 Å². The van der Waals surface area contributed by atoms with Gasteiger partial charge in [0.1, 0.15) is 18.6 Å². The standard InChI is InChI=1S/C36H39ClF5N9O3/c1-20(2)51-45-16-25(48-51)21-6-9-23(10-7-21)35(18-33(3,4)5)31(53)49(32(43)47-35)27(17-54-28(52)15-34(12-13-34)36(40,41)42)22-8-11-24(37)26(14-22)50-30(29(38)39)44-19-46-50/h6-11,14,16,19-20,27,29H,12-13,15,17-18H2,1-5H3,(H2,43,47)/t27-,35-/m1/s1. The van der Waals surface area contributed by atoms with Gasteiger partial charge in [0.25, 0.3) is 12.3 Å². The van der Waals surface area contributed by atoms with Crippen LogP contribution in [0, 0.1) is 10.8 Å². The first-order chi connectivity index (χ1) is 25.2. The third-order valence-electron chi connectivity index (χ3n) is 9.54. The maximum absolute atomic E-state index is 15.0. The Hall–Kier alpha value is -4.93. The fraction of sp³-hybridized carbons (Fsp3) is 0.472. The Bertz CT molecular complexity index is 2070. The average molecular weight is 776 g/mol. The fourth-order valence-corrected chi connectivity index (χ4v) is 6.86. The van der Waals surface area contributed by atoms with Crippen LogP contribution in [-0.2, 0) is 19.9 Å². The predicted octanol–water partition coefficient (Wildman–Crippen LogP) is 7.50. The molecule has 4 aromatic rings. The lowest BCUT2D eigenvalue weighted by molar-refractivity contribution is -0.195. The summed E-state index contributed by atoms with van der Waals surface area (Å²) in [6.07, 6.45) is -6.24. The lowest BCUT2D eigenvalue weighted by Crippen LogP contribution is -2.47. The van der Waals surface area contributed by atoms with Gasteiger partial charge in [-0.15, -0.1) is 0 Å². The molecule has 2 aromatic heterocycles. The molecular formula is C36H39ClF5N9O3. The summed E-state index contributed by atoms with van der Waals surface area (Å²) in [5.41, 5.74) is 4.31. The Morgan fingerprint density at radius 2 is 1.74 bits per heavy atom. The van der Waals surface area contributed by atoms with E-state index >= 15 is 0 Å². The highest BCUT2D eigenvalue weighted by Gasteiger charge is 2.64. The monoisotopic (exact) mass is 775 g/mol. The second kappa shape index (κ2) is 14.0. The molecule has 1 fully saturated rings. The van der Waals surface area contributed by atoms with Gasteiger partial charge in [-0.2, -0.15) is 33.3 Å². The van der Waals surface area contributed by atoms with Crippen molar-refractivity contribution in [1.82, 2.24) is 34.7 Å². The van der Waals surface area contributed by atoms with E-state index in [4.69, 9.17) is 27.1 Å². The molecule has 0 spiro atoms. The number of halogens is 6. The van der Waals surface area contributed by atoms with E-state index in [-0.39, 0.29) is 47.5 Å². The van der Waals surface area contributed by atoms with Crippen molar-refractivity contribution in [3.05, 3.63) is 77.0 Å². The number of esters is 1. The third-order valence-corrected chi connectivity index (χ3v) is 9.86. The molecule has 0 radical (unpaired) electrons. The lowest BCUT2D eigenvalue weighted by Gasteiger charge is -2.35. The first kappa shape index (κ1) is 38.8. The molecule has 6 rings (SSSR count). The van der Waals surface area contributed by atoms with Gasteiger partial charge in [0.15, 0.2) is 17.3 Å². The molecule has 2 aromatic carbocycles. The molecule has 1 aliphatic carbocycles. The first-order valence-electron chi connectivity index (χ1n) is 17.2. The van der Waals surface area contributed by atoms with Gasteiger partial charge in [-0.05, 0) is 61.8 Å². The number of rotatable bonds is 12. The Kier molecular flexibility index (Phi) is 10.1. The SMILES string of the molecule is CC(C)n1ncc(-c2ccc([C@@]3(CC(C)(C)C)N=C(N)N([C@H](COC(=O)CC4(C(F)(F)F)CC4)c4ccc(Cl)c(-n5ncnc5C(F)F)c4)C3=O)cc2)n1. The first-order valence-corrected chi connectivity index (χ1v) is 17.5. The largest absolute Gasteiger partial charge is 0.463 e. The molecule has 3 heterocycles. The van der Waals surface area contributed by atoms with E-state index in [2.05, 4.69) is 20.3 Å². The number of guanidine groups is 1. The molecule has 288 valence electrons. The molecular weight excluding hydrogens is 737 g/mol. The van der Waals surface area contributed by atoms with Gasteiger partial charge in [-0.25, -0.2) is 23.4 Å². The summed E-state index contributed by atoms with van der Waals surface area (Å²) in [4.78, 5) is 39.0. The molecule has 1 amide bonds. The van der Waals surface area contributed by atoms with Crippen LogP contribution in [-0.4, -0.2) is 65.3 Å². The molecule has 2 N–H and O–H groups in total. The summed E-state index contributed by atoms with van der Waals surface area (Å²) in [5, 5.41) is 12.7. The molecule has 1 saturated carbocycles. The van der Waals surface area contributed by atoms with Crippen LogP contribution in [0.1, 0.15) is 95.8 Å². The van der Waals surface area contributed by atoms with E-state index in [1.165, 1.54) is 18.2 Å². The maximum Gasteiger partial charge on any atom is 0.395 e. The number of aromatic nitrogens is 6. The van der Waals surface area contributed by atoms with Crippen LogP contribution in [0.2, 0.25) is 5.02 Å². The molecule has 1 aliphatic heterocycles. The number of benzene rings is 2. The smallest absolute Gasteiger partial charge is 0.395 e. The Balaban J connectivity index is 1.40. The summed E-state index contributed by atoms with van der Waals surface area (Å²) >= 11 is 6.44. The zero-order chi connectivity index (χ0) is 39.4. The van der Waals surface area contributed by atoms with E-state index in [9.17, 15) is 31.5 Å². The van der Waals surface area contributed by atoms with Gasteiger partial charge in [-0.1, -0.05) is 62.7 Å². The zero-order valence-electron chi connectivity index (χ0n) is 30.1. The van der Waals surface area contributed by atoms with Crippen LogP contribution in [0.3, 0.4) is 0 Å². The number of nitrogens with two attached hydrogens (primary N) is 1. The Morgan fingerprint density at radius 3 is 2.31 bits per heavy atom. The summed E-state index contributed by atoms with van der Waals surface area (Å²) in [6.45, 7) is 9.02. The highest BCUT2D eigenvalue weighted by Crippen LogP contribution is 2.60. The Labute approximate surface area is 312 Å². The molecule has 12 nitrogen and oxygen atoms in total. The zero-order valence-corrected chi connectivity index (χ0v) is 30.9. The van der Waals surface area contributed by atoms with E-state index in [0.717, 1.165) is 21.5 Å². The molecule has 54 heavy (non-hydrogen) atoms.